The van der Waals surface area contributed by atoms with Crippen LogP contribution in [0.5, 0.6) is 5.75 Å². The lowest BCUT2D eigenvalue weighted by Crippen LogP contribution is -2.35. The normalized spacial score (nSPS) is 20.9. The minimum Gasteiger partial charge on any atom is -0.508 e. The van der Waals surface area contributed by atoms with Crippen molar-refractivity contribution in [3.05, 3.63) is 29.6 Å². The van der Waals surface area contributed by atoms with Crippen LogP contribution in [0.4, 0.5) is 4.39 Å². The lowest BCUT2D eigenvalue weighted by molar-refractivity contribution is 0.299. The first kappa shape index (κ1) is 12.3. The van der Waals surface area contributed by atoms with Crippen LogP contribution < -0.4 is 5.32 Å². The Hall–Kier alpha value is -1.13. The van der Waals surface area contributed by atoms with Gasteiger partial charge in [-0.25, -0.2) is 4.39 Å². The maximum atomic E-state index is 13.0. The Morgan fingerprint density at radius 3 is 3.06 bits per heavy atom. The quantitative estimate of drug-likeness (QED) is 0.838. The van der Waals surface area contributed by atoms with Crippen molar-refractivity contribution in [3.63, 3.8) is 0 Å². The van der Waals surface area contributed by atoms with Crippen LogP contribution in [0.15, 0.2) is 18.2 Å². The highest BCUT2D eigenvalue weighted by Crippen LogP contribution is 2.18. The second-order valence-electron chi connectivity index (χ2n) is 4.68. The van der Waals surface area contributed by atoms with Gasteiger partial charge in [-0.15, -0.1) is 0 Å². The van der Waals surface area contributed by atoms with Crippen LogP contribution in [0, 0.1) is 5.82 Å². The van der Waals surface area contributed by atoms with Crippen LogP contribution in [0.1, 0.15) is 18.4 Å². The highest BCUT2D eigenvalue weighted by Gasteiger charge is 2.19. The molecule has 3 nitrogen and oxygen atoms in total. The Morgan fingerprint density at radius 2 is 2.35 bits per heavy atom. The number of likely N-dealkylation sites (N-methyl/N-ethyl adjacent to an activating group) is 1. The van der Waals surface area contributed by atoms with E-state index in [-0.39, 0.29) is 11.6 Å². The molecule has 1 atom stereocenters. The van der Waals surface area contributed by atoms with E-state index in [1.807, 2.05) is 0 Å². The van der Waals surface area contributed by atoms with E-state index in [0.29, 0.717) is 18.2 Å². The summed E-state index contributed by atoms with van der Waals surface area (Å²) in [6, 6.07) is 4.60. The van der Waals surface area contributed by atoms with E-state index < -0.39 is 0 Å². The molecule has 0 aliphatic carbocycles. The van der Waals surface area contributed by atoms with E-state index >= 15 is 0 Å². The molecule has 2 N–H and O–H groups in total. The number of phenols is 1. The van der Waals surface area contributed by atoms with Crippen molar-refractivity contribution in [1.82, 2.24) is 10.2 Å². The Balaban J connectivity index is 1.83. The molecule has 1 aromatic carbocycles. The van der Waals surface area contributed by atoms with Gasteiger partial charge in [0, 0.05) is 24.7 Å². The number of halogens is 1. The van der Waals surface area contributed by atoms with Gasteiger partial charge in [0.1, 0.15) is 11.6 Å². The van der Waals surface area contributed by atoms with Gasteiger partial charge in [-0.1, -0.05) is 0 Å². The fourth-order valence-electron chi connectivity index (χ4n) is 2.31. The third-order valence-corrected chi connectivity index (χ3v) is 3.41. The third-order valence-electron chi connectivity index (χ3n) is 3.41. The number of likely N-dealkylation sites (tertiary alicyclic amines) is 1. The highest BCUT2D eigenvalue weighted by molar-refractivity contribution is 5.32. The standard InChI is InChI=1S/C13H19FN2O/c1-16-6-2-3-12(16)9-15-8-10-7-11(14)4-5-13(10)17/h4-5,7,12,15,17H,2-3,6,8-9H2,1H3. The molecule has 1 aliphatic rings. The van der Waals surface area contributed by atoms with Gasteiger partial charge in [-0.3, -0.25) is 0 Å². The van der Waals surface area contributed by atoms with Gasteiger partial charge in [-0.2, -0.15) is 0 Å². The van der Waals surface area contributed by atoms with Crippen molar-refractivity contribution >= 4 is 0 Å². The van der Waals surface area contributed by atoms with E-state index in [9.17, 15) is 9.50 Å². The number of phenolic OH excluding ortho intramolecular Hbond substituents is 1. The Morgan fingerprint density at radius 1 is 1.53 bits per heavy atom. The van der Waals surface area contributed by atoms with E-state index in [4.69, 9.17) is 0 Å². The first-order valence-electron chi connectivity index (χ1n) is 6.05. The maximum absolute atomic E-state index is 13.0. The molecule has 1 heterocycles. The van der Waals surface area contributed by atoms with Crippen molar-refractivity contribution in [3.8, 4) is 5.75 Å². The summed E-state index contributed by atoms with van der Waals surface area (Å²) in [4.78, 5) is 2.33. The SMILES string of the molecule is CN1CCCC1CNCc1cc(F)ccc1O. The zero-order chi connectivity index (χ0) is 12.3. The summed E-state index contributed by atoms with van der Waals surface area (Å²) < 4.78 is 13.0. The average molecular weight is 238 g/mol. The molecule has 1 fully saturated rings. The summed E-state index contributed by atoms with van der Waals surface area (Å²) in [5, 5.41) is 12.8. The van der Waals surface area contributed by atoms with Crippen molar-refractivity contribution in [2.45, 2.75) is 25.4 Å². The van der Waals surface area contributed by atoms with Crippen LogP contribution in [0.3, 0.4) is 0 Å². The number of rotatable bonds is 4. The van der Waals surface area contributed by atoms with Gasteiger partial charge in [0.25, 0.3) is 0 Å². The van der Waals surface area contributed by atoms with E-state index in [2.05, 4.69) is 17.3 Å². The Bertz CT molecular complexity index is 384. The monoisotopic (exact) mass is 238 g/mol. The molecule has 4 heteroatoms. The van der Waals surface area contributed by atoms with Crippen LogP contribution in [-0.2, 0) is 6.54 Å². The van der Waals surface area contributed by atoms with Gasteiger partial charge in [0.05, 0.1) is 0 Å². The molecular weight excluding hydrogens is 219 g/mol. The molecule has 0 saturated carbocycles. The second kappa shape index (κ2) is 5.47. The zero-order valence-electron chi connectivity index (χ0n) is 10.1. The fraction of sp³-hybridized carbons (Fsp3) is 0.538. The predicted octanol–water partition coefficient (Wildman–Crippen LogP) is 1.72. The number of benzene rings is 1. The van der Waals surface area contributed by atoms with Crippen LogP contribution in [0.25, 0.3) is 0 Å². The number of hydrogen-bond acceptors (Lipinski definition) is 3. The predicted molar refractivity (Wildman–Crippen MR) is 65.4 cm³/mol. The second-order valence-corrected chi connectivity index (χ2v) is 4.68. The number of nitrogens with zero attached hydrogens (tertiary/aromatic N) is 1. The zero-order valence-corrected chi connectivity index (χ0v) is 10.1. The summed E-state index contributed by atoms with van der Waals surface area (Å²) in [6.45, 7) is 2.54. The van der Waals surface area contributed by atoms with Crippen molar-refractivity contribution in [2.24, 2.45) is 0 Å². The van der Waals surface area contributed by atoms with E-state index in [0.717, 1.165) is 13.1 Å². The Labute approximate surface area is 101 Å². The van der Waals surface area contributed by atoms with Gasteiger partial charge in [0.2, 0.25) is 0 Å². The van der Waals surface area contributed by atoms with Crippen LogP contribution in [-0.4, -0.2) is 36.2 Å². The topological polar surface area (TPSA) is 35.5 Å². The maximum Gasteiger partial charge on any atom is 0.123 e. The molecule has 0 spiro atoms. The van der Waals surface area contributed by atoms with E-state index in [1.165, 1.54) is 31.0 Å². The summed E-state index contributed by atoms with van der Waals surface area (Å²) in [5.41, 5.74) is 0.616. The summed E-state index contributed by atoms with van der Waals surface area (Å²) in [7, 11) is 2.12. The van der Waals surface area contributed by atoms with Crippen LogP contribution in [0.2, 0.25) is 0 Å². The molecule has 1 unspecified atom stereocenters. The highest BCUT2D eigenvalue weighted by atomic mass is 19.1. The van der Waals surface area contributed by atoms with Crippen LogP contribution >= 0.6 is 0 Å². The van der Waals surface area contributed by atoms with Crippen molar-refractivity contribution < 1.29 is 9.50 Å². The molecule has 0 bridgehead atoms. The molecule has 1 aromatic rings. The van der Waals surface area contributed by atoms with Gasteiger partial charge < -0.3 is 15.3 Å². The fourth-order valence-corrected chi connectivity index (χ4v) is 2.31. The molecule has 0 aromatic heterocycles. The van der Waals surface area contributed by atoms with Crippen molar-refractivity contribution in [2.75, 3.05) is 20.1 Å². The lowest BCUT2D eigenvalue weighted by Gasteiger charge is -2.19. The molecule has 1 aliphatic heterocycles. The molecule has 17 heavy (non-hydrogen) atoms. The first-order valence-corrected chi connectivity index (χ1v) is 6.05. The summed E-state index contributed by atoms with van der Waals surface area (Å²) in [5.74, 6) is -0.156. The van der Waals surface area contributed by atoms with Gasteiger partial charge in [0.15, 0.2) is 0 Å². The molecule has 0 amide bonds. The minimum atomic E-state index is -0.308. The van der Waals surface area contributed by atoms with Crippen molar-refractivity contribution in [1.29, 1.82) is 0 Å². The summed E-state index contributed by atoms with van der Waals surface area (Å²) in [6.07, 6.45) is 2.45. The first-order chi connectivity index (χ1) is 8.16. The van der Waals surface area contributed by atoms with E-state index in [1.54, 1.807) is 0 Å². The smallest absolute Gasteiger partial charge is 0.123 e. The van der Waals surface area contributed by atoms with Gasteiger partial charge >= 0.3 is 0 Å². The number of aromatic hydroxyl groups is 1. The molecular formula is C13H19FN2O. The largest absolute Gasteiger partial charge is 0.508 e. The third kappa shape index (κ3) is 3.17. The molecule has 2 rings (SSSR count). The molecule has 0 radical (unpaired) electrons. The minimum absolute atomic E-state index is 0.152. The Kier molecular flexibility index (Phi) is 3.97. The summed E-state index contributed by atoms with van der Waals surface area (Å²) >= 11 is 0. The lowest BCUT2D eigenvalue weighted by atomic mass is 10.2. The molecule has 94 valence electrons. The number of nitrogens with one attached hydrogen (secondary N) is 1. The average Bonchev–Trinajstić information content (AvgIpc) is 2.70. The van der Waals surface area contributed by atoms with Gasteiger partial charge in [-0.05, 0) is 44.6 Å². The molecule has 1 saturated heterocycles. The number of hydrogen-bond donors (Lipinski definition) is 2.